The predicted molar refractivity (Wildman–Crippen MR) is 172 cm³/mol. The van der Waals surface area contributed by atoms with E-state index in [1.807, 2.05) is 101 Å². The fourth-order valence-electron chi connectivity index (χ4n) is 4.28. The first-order valence-electron chi connectivity index (χ1n) is 14.8. The molecule has 4 aromatic rings. The van der Waals surface area contributed by atoms with E-state index < -0.39 is 11.7 Å². The highest BCUT2D eigenvalue weighted by Gasteiger charge is 2.18. The van der Waals surface area contributed by atoms with E-state index in [2.05, 4.69) is 32.8 Å². The van der Waals surface area contributed by atoms with Gasteiger partial charge in [-0.15, -0.1) is 0 Å². The first-order chi connectivity index (χ1) is 21.1. The monoisotopic (exact) mass is 598 g/mol. The number of aromatic nitrogens is 3. The lowest BCUT2D eigenvalue weighted by Gasteiger charge is -2.22. The smallest absolute Gasteiger partial charge is 0.407 e. The Morgan fingerprint density at radius 2 is 1.48 bits per heavy atom. The Morgan fingerprint density at radius 1 is 0.841 bits per heavy atom. The lowest BCUT2D eigenvalue weighted by atomic mass is 10.1. The predicted octanol–water partition coefficient (Wildman–Crippen LogP) is 6.91. The van der Waals surface area contributed by atoms with Crippen molar-refractivity contribution >= 4 is 17.9 Å². The molecule has 44 heavy (non-hydrogen) atoms. The Hall–Kier alpha value is -4.86. The molecule has 232 valence electrons. The first kappa shape index (κ1) is 32.1. The minimum Gasteiger partial charge on any atom is -0.497 e. The van der Waals surface area contributed by atoms with Crippen LogP contribution in [0.25, 0.3) is 0 Å². The number of carbonyl (C=O) groups is 1. The lowest BCUT2D eigenvalue weighted by Crippen LogP contribution is -2.38. The molecule has 10 heteroatoms. The van der Waals surface area contributed by atoms with Crippen LogP contribution in [0.15, 0.2) is 73.1 Å². The number of benzene rings is 2. The fourth-order valence-corrected chi connectivity index (χ4v) is 4.28. The Kier molecular flexibility index (Phi) is 11.0. The molecule has 3 N–H and O–H groups in total. The molecule has 0 saturated heterocycles. The summed E-state index contributed by atoms with van der Waals surface area (Å²) in [6.45, 7) is 10.6. The second-order valence-electron chi connectivity index (χ2n) is 11.5. The molecular formula is C34H42N6O4. The summed E-state index contributed by atoms with van der Waals surface area (Å²) >= 11 is 0. The molecule has 0 saturated carbocycles. The molecule has 1 atom stereocenters. The zero-order chi connectivity index (χ0) is 31.5. The third kappa shape index (κ3) is 10.4. The van der Waals surface area contributed by atoms with Crippen LogP contribution in [-0.4, -0.2) is 39.8 Å². The molecule has 2 heterocycles. The molecule has 0 fully saturated rings. The number of pyridine rings is 1. The molecule has 2 aromatic carbocycles. The Bertz CT molecular complexity index is 1420. The molecule has 0 spiro atoms. The third-order valence-corrected chi connectivity index (χ3v) is 6.51. The summed E-state index contributed by atoms with van der Waals surface area (Å²) in [5.41, 5.74) is 3.65. The van der Waals surface area contributed by atoms with E-state index in [4.69, 9.17) is 19.2 Å². The number of ether oxygens (including phenoxy) is 3. The van der Waals surface area contributed by atoms with E-state index in [0.29, 0.717) is 42.9 Å². The average Bonchev–Trinajstić information content (AvgIpc) is 2.99. The van der Waals surface area contributed by atoms with E-state index in [1.165, 1.54) is 0 Å². The number of aryl methyl sites for hydroxylation is 1. The Labute approximate surface area is 259 Å². The molecule has 0 aliphatic carbocycles. The minimum atomic E-state index is -0.538. The van der Waals surface area contributed by atoms with Gasteiger partial charge >= 0.3 is 6.09 Å². The van der Waals surface area contributed by atoms with E-state index in [1.54, 1.807) is 7.11 Å². The van der Waals surface area contributed by atoms with E-state index in [9.17, 15) is 4.79 Å². The second-order valence-corrected chi connectivity index (χ2v) is 11.5. The van der Waals surface area contributed by atoms with Gasteiger partial charge in [-0.05, 0) is 93.1 Å². The molecule has 4 rings (SSSR count). The number of amides is 1. The van der Waals surface area contributed by atoms with Crippen LogP contribution >= 0.6 is 0 Å². The number of anilines is 2. The van der Waals surface area contributed by atoms with Crippen LogP contribution < -0.4 is 25.4 Å². The standard InChI is InChI=1S/C34H42N6O4/c1-7-24-19-36-32(37-20-24)38-22-27-17-30(35-21-26-10-12-28(42-6)13-11-26)40-31(18-27)43-29-14-8-25(9-15-29)16-23(2)39-33(41)44-34(3,4)5/h8-15,17-20,23H,7,16,21-22H2,1-6H3,(H,35,40)(H,39,41)(H,36,37,38). The molecule has 0 bridgehead atoms. The average molecular weight is 599 g/mol. The van der Waals surface area contributed by atoms with Gasteiger partial charge in [-0.2, -0.15) is 4.98 Å². The van der Waals surface area contributed by atoms with Crippen molar-refractivity contribution in [3.63, 3.8) is 0 Å². The van der Waals surface area contributed by atoms with Crippen LogP contribution in [0, 0.1) is 0 Å². The van der Waals surface area contributed by atoms with Crippen LogP contribution in [0.5, 0.6) is 17.4 Å². The molecule has 1 amide bonds. The number of hydrogen-bond donors (Lipinski definition) is 3. The van der Waals surface area contributed by atoms with Crippen LogP contribution in [0.2, 0.25) is 0 Å². The van der Waals surface area contributed by atoms with Crippen LogP contribution in [0.1, 0.15) is 56.9 Å². The highest BCUT2D eigenvalue weighted by molar-refractivity contribution is 5.68. The first-order valence-corrected chi connectivity index (χ1v) is 14.8. The largest absolute Gasteiger partial charge is 0.497 e. The normalized spacial score (nSPS) is 11.8. The number of carbonyl (C=O) groups excluding carboxylic acids is 1. The minimum absolute atomic E-state index is 0.0936. The van der Waals surface area contributed by atoms with Crippen molar-refractivity contribution in [2.24, 2.45) is 0 Å². The van der Waals surface area contributed by atoms with Gasteiger partial charge < -0.3 is 30.2 Å². The lowest BCUT2D eigenvalue weighted by molar-refractivity contribution is 0.0508. The molecule has 10 nitrogen and oxygen atoms in total. The maximum atomic E-state index is 12.1. The van der Waals surface area contributed by atoms with Gasteiger partial charge in [0, 0.05) is 37.6 Å². The second kappa shape index (κ2) is 15.0. The van der Waals surface area contributed by atoms with Crippen molar-refractivity contribution in [3.05, 3.63) is 95.3 Å². The molecule has 0 aliphatic rings. The van der Waals surface area contributed by atoms with E-state index in [-0.39, 0.29) is 6.04 Å². The van der Waals surface area contributed by atoms with Gasteiger partial charge in [0.1, 0.15) is 22.9 Å². The Morgan fingerprint density at radius 3 is 2.11 bits per heavy atom. The Balaban J connectivity index is 1.43. The summed E-state index contributed by atoms with van der Waals surface area (Å²) in [6.07, 6.45) is 4.77. The van der Waals surface area contributed by atoms with Gasteiger partial charge in [0.2, 0.25) is 11.8 Å². The topological polar surface area (TPSA) is 120 Å². The molecule has 0 radical (unpaired) electrons. The molecular weight excluding hydrogens is 556 g/mol. The van der Waals surface area contributed by atoms with E-state index in [0.717, 1.165) is 34.4 Å². The van der Waals surface area contributed by atoms with Crippen molar-refractivity contribution < 1.29 is 19.0 Å². The number of nitrogens with zero attached hydrogens (tertiary/aromatic N) is 3. The zero-order valence-electron chi connectivity index (χ0n) is 26.3. The maximum Gasteiger partial charge on any atom is 0.407 e. The van der Waals surface area contributed by atoms with Gasteiger partial charge in [0.15, 0.2) is 0 Å². The number of alkyl carbamates (subject to hydrolysis) is 1. The molecule has 0 aliphatic heterocycles. The highest BCUT2D eigenvalue weighted by Crippen LogP contribution is 2.25. The van der Waals surface area contributed by atoms with Crippen molar-refractivity contribution in [2.75, 3.05) is 17.7 Å². The van der Waals surface area contributed by atoms with Gasteiger partial charge in [0.05, 0.1) is 7.11 Å². The van der Waals surface area contributed by atoms with Crippen LogP contribution in [0.4, 0.5) is 16.6 Å². The fraction of sp³-hybridized carbons (Fsp3) is 0.353. The van der Waals surface area contributed by atoms with Gasteiger partial charge in [0.25, 0.3) is 0 Å². The number of rotatable bonds is 13. The summed E-state index contributed by atoms with van der Waals surface area (Å²) < 4.78 is 16.8. The van der Waals surface area contributed by atoms with Crippen LogP contribution in [-0.2, 0) is 30.7 Å². The van der Waals surface area contributed by atoms with Crippen molar-refractivity contribution in [2.45, 2.75) is 72.2 Å². The number of methoxy groups -OCH3 is 1. The van der Waals surface area contributed by atoms with Crippen molar-refractivity contribution in [1.29, 1.82) is 0 Å². The van der Waals surface area contributed by atoms with Gasteiger partial charge in [-0.3, -0.25) is 0 Å². The SMILES string of the molecule is CCc1cnc(NCc2cc(NCc3ccc(OC)cc3)nc(Oc3ccc(CC(C)NC(=O)OC(C)(C)C)cc3)c2)nc1. The number of hydrogen-bond acceptors (Lipinski definition) is 9. The van der Waals surface area contributed by atoms with Gasteiger partial charge in [-0.25, -0.2) is 14.8 Å². The summed E-state index contributed by atoms with van der Waals surface area (Å²) in [7, 11) is 1.65. The van der Waals surface area contributed by atoms with Crippen LogP contribution in [0.3, 0.4) is 0 Å². The van der Waals surface area contributed by atoms with Crippen molar-refractivity contribution in [1.82, 2.24) is 20.3 Å². The summed E-state index contributed by atoms with van der Waals surface area (Å²) in [5, 5.41) is 9.57. The third-order valence-electron chi connectivity index (χ3n) is 6.51. The molecule has 1 unspecified atom stereocenters. The number of nitrogens with one attached hydrogen (secondary N) is 3. The zero-order valence-corrected chi connectivity index (χ0v) is 26.3. The van der Waals surface area contributed by atoms with E-state index >= 15 is 0 Å². The summed E-state index contributed by atoms with van der Waals surface area (Å²) in [5.74, 6) is 3.15. The highest BCUT2D eigenvalue weighted by atomic mass is 16.6. The molecule has 2 aromatic heterocycles. The van der Waals surface area contributed by atoms with Gasteiger partial charge in [-0.1, -0.05) is 31.2 Å². The summed E-state index contributed by atoms with van der Waals surface area (Å²) in [6, 6.07) is 19.4. The maximum absolute atomic E-state index is 12.1. The quantitative estimate of drug-likeness (QED) is 0.151. The summed E-state index contributed by atoms with van der Waals surface area (Å²) in [4.78, 5) is 25.6. The van der Waals surface area contributed by atoms with Crippen molar-refractivity contribution in [3.8, 4) is 17.4 Å².